The first-order valence-corrected chi connectivity index (χ1v) is 9.38. The van der Waals surface area contributed by atoms with E-state index in [0.717, 1.165) is 5.56 Å². The number of benzene rings is 1. The van der Waals surface area contributed by atoms with Gasteiger partial charge >= 0.3 is 11.9 Å². The maximum absolute atomic E-state index is 11.9. The van der Waals surface area contributed by atoms with Crippen LogP contribution in [0, 0.1) is 11.3 Å². The van der Waals surface area contributed by atoms with Crippen molar-refractivity contribution in [3.8, 4) is 11.8 Å². The summed E-state index contributed by atoms with van der Waals surface area (Å²) in [6.45, 7) is 3.31. The highest BCUT2D eigenvalue weighted by molar-refractivity contribution is 8.00. The molecule has 0 spiro atoms. The molecule has 0 aliphatic rings. The number of nitrogens with zero attached hydrogens (tertiary/aromatic N) is 1. The molecular weight excluding hydrogens is 366 g/mol. The number of allylic oxidation sites excluding steroid dienone is 2. The van der Waals surface area contributed by atoms with Gasteiger partial charge in [-0.1, -0.05) is 24.3 Å². The van der Waals surface area contributed by atoms with E-state index in [-0.39, 0.29) is 24.8 Å². The number of rotatable bonds is 9. The molecule has 0 saturated heterocycles. The Balaban J connectivity index is 2.54. The summed E-state index contributed by atoms with van der Waals surface area (Å²) in [5.41, 5.74) is 0.712. The molecule has 0 aromatic heterocycles. The lowest BCUT2D eigenvalue weighted by Gasteiger charge is -2.19. The van der Waals surface area contributed by atoms with Crippen LogP contribution in [0.3, 0.4) is 0 Å². The summed E-state index contributed by atoms with van der Waals surface area (Å²) in [5, 5.41) is 9.10. The van der Waals surface area contributed by atoms with E-state index in [9.17, 15) is 9.59 Å². The van der Waals surface area contributed by atoms with Crippen LogP contribution in [0.25, 0.3) is 6.08 Å². The van der Waals surface area contributed by atoms with E-state index in [1.54, 1.807) is 39.2 Å². The minimum Gasteiger partial charge on any atom is -0.497 e. The average Bonchev–Trinajstić information content (AvgIpc) is 2.68. The molecule has 0 aliphatic heterocycles. The molecule has 6 nitrogen and oxygen atoms in total. The molecule has 0 aliphatic carbocycles. The summed E-state index contributed by atoms with van der Waals surface area (Å²) in [5.74, 6) is -0.448. The molecule has 0 unspecified atom stereocenters. The predicted octanol–water partition coefficient (Wildman–Crippen LogP) is 3.39. The lowest BCUT2D eigenvalue weighted by atomic mass is 10.2. The first-order valence-electron chi connectivity index (χ1n) is 8.16. The molecule has 0 atom stereocenters. The summed E-state index contributed by atoms with van der Waals surface area (Å²) in [6.07, 6.45) is 6.49. The van der Waals surface area contributed by atoms with E-state index >= 15 is 0 Å². The molecule has 0 saturated carbocycles. The zero-order chi connectivity index (χ0) is 20.3. The SMILES string of the molecule is COc1cccc(/C=C/C=C(\C#N)C(=O)OCCOC(=O)C(C)(C)SC)c1. The molecule has 1 aromatic carbocycles. The molecule has 0 amide bonds. The van der Waals surface area contributed by atoms with Gasteiger partial charge in [-0.15, -0.1) is 11.8 Å². The molecule has 0 N–H and O–H groups in total. The minimum atomic E-state index is -0.770. The molecule has 27 heavy (non-hydrogen) atoms. The highest BCUT2D eigenvalue weighted by atomic mass is 32.2. The smallest absolute Gasteiger partial charge is 0.349 e. The quantitative estimate of drug-likeness (QED) is 0.210. The van der Waals surface area contributed by atoms with Crippen molar-refractivity contribution in [3.63, 3.8) is 0 Å². The van der Waals surface area contributed by atoms with Gasteiger partial charge < -0.3 is 14.2 Å². The number of esters is 2. The van der Waals surface area contributed by atoms with E-state index in [0.29, 0.717) is 5.75 Å². The van der Waals surface area contributed by atoms with E-state index in [4.69, 9.17) is 19.5 Å². The van der Waals surface area contributed by atoms with Crippen molar-refractivity contribution in [1.82, 2.24) is 0 Å². The van der Waals surface area contributed by atoms with Crippen LogP contribution in [0.5, 0.6) is 5.75 Å². The number of nitriles is 1. The molecule has 0 heterocycles. The van der Waals surface area contributed by atoms with Gasteiger partial charge in [0.25, 0.3) is 0 Å². The highest BCUT2D eigenvalue weighted by Gasteiger charge is 2.28. The molecule has 0 fully saturated rings. The fourth-order valence-electron chi connectivity index (χ4n) is 1.76. The van der Waals surface area contributed by atoms with Gasteiger partial charge in [-0.3, -0.25) is 4.79 Å². The van der Waals surface area contributed by atoms with Crippen molar-refractivity contribution >= 4 is 29.8 Å². The van der Waals surface area contributed by atoms with Crippen LogP contribution < -0.4 is 4.74 Å². The Bertz CT molecular complexity index is 762. The van der Waals surface area contributed by atoms with Crippen LogP contribution in [0.15, 0.2) is 42.0 Å². The first-order chi connectivity index (χ1) is 12.8. The van der Waals surface area contributed by atoms with Crippen molar-refractivity contribution in [2.75, 3.05) is 26.6 Å². The Morgan fingerprint density at radius 3 is 2.59 bits per heavy atom. The number of carbonyl (C=O) groups is 2. The monoisotopic (exact) mass is 389 g/mol. The number of hydrogen-bond acceptors (Lipinski definition) is 7. The van der Waals surface area contributed by atoms with Crippen LogP contribution >= 0.6 is 11.8 Å². The van der Waals surface area contributed by atoms with Crippen LogP contribution in [-0.2, 0) is 19.1 Å². The summed E-state index contributed by atoms with van der Waals surface area (Å²) in [6, 6.07) is 9.13. The van der Waals surface area contributed by atoms with Gasteiger partial charge in [0.05, 0.1) is 7.11 Å². The maximum Gasteiger partial charge on any atom is 0.349 e. The summed E-state index contributed by atoms with van der Waals surface area (Å²) in [4.78, 5) is 23.7. The molecule has 0 bridgehead atoms. The number of thioether (sulfide) groups is 1. The second-order valence-electron chi connectivity index (χ2n) is 5.81. The Kier molecular flexibility index (Phi) is 9.17. The molecule has 1 aromatic rings. The lowest BCUT2D eigenvalue weighted by Crippen LogP contribution is -2.30. The highest BCUT2D eigenvalue weighted by Crippen LogP contribution is 2.22. The minimum absolute atomic E-state index is 0.0626. The zero-order valence-electron chi connectivity index (χ0n) is 15.9. The molecule has 1 rings (SSSR count). The van der Waals surface area contributed by atoms with Crippen LogP contribution in [-0.4, -0.2) is 43.3 Å². The van der Waals surface area contributed by atoms with Gasteiger partial charge in [0.2, 0.25) is 0 Å². The third-order valence-electron chi connectivity index (χ3n) is 3.54. The van der Waals surface area contributed by atoms with Crippen molar-refractivity contribution in [2.24, 2.45) is 0 Å². The van der Waals surface area contributed by atoms with Gasteiger partial charge in [-0.2, -0.15) is 5.26 Å². The summed E-state index contributed by atoms with van der Waals surface area (Å²) < 4.78 is 14.5. The number of hydrogen-bond donors (Lipinski definition) is 0. The van der Waals surface area contributed by atoms with Crippen molar-refractivity contribution in [1.29, 1.82) is 5.26 Å². The molecule has 0 radical (unpaired) electrons. The maximum atomic E-state index is 11.9. The first kappa shape index (κ1) is 22.3. The van der Waals surface area contributed by atoms with Gasteiger partial charge in [0, 0.05) is 0 Å². The zero-order valence-corrected chi connectivity index (χ0v) is 16.7. The van der Waals surface area contributed by atoms with Gasteiger partial charge in [-0.05, 0) is 43.9 Å². The van der Waals surface area contributed by atoms with E-state index in [1.165, 1.54) is 17.8 Å². The standard InChI is InChI=1S/C20H23NO5S/c1-20(2,27-4)19(23)26-12-11-25-18(22)16(14-21)9-5-7-15-8-6-10-17(13-15)24-3/h5-10,13H,11-12H2,1-4H3/b7-5+,16-9+. The van der Waals surface area contributed by atoms with Gasteiger partial charge in [0.1, 0.15) is 35.4 Å². The average molecular weight is 389 g/mol. The summed E-state index contributed by atoms with van der Waals surface area (Å²) >= 11 is 1.37. The van der Waals surface area contributed by atoms with Gasteiger partial charge in [0.15, 0.2) is 0 Å². The Hall–Kier alpha value is -2.72. The number of methoxy groups -OCH3 is 1. The lowest BCUT2D eigenvalue weighted by molar-refractivity contribution is -0.151. The molecule has 7 heteroatoms. The van der Waals surface area contributed by atoms with E-state index < -0.39 is 10.7 Å². The second kappa shape index (κ2) is 11.1. The molecular formula is C20H23NO5S. The third kappa shape index (κ3) is 7.59. The van der Waals surface area contributed by atoms with Gasteiger partial charge in [-0.25, -0.2) is 4.79 Å². The van der Waals surface area contributed by atoms with E-state index in [1.807, 2.05) is 30.5 Å². The largest absolute Gasteiger partial charge is 0.497 e. The predicted molar refractivity (Wildman–Crippen MR) is 105 cm³/mol. The Labute approximate surface area is 163 Å². The van der Waals surface area contributed by atoms with Crippen molar-refractivity contribution in [2.45, 2.75) is 18.6 Å². The van der Waals surface area contributed by atoms with E-state index in [2.05, 4.69) is 0 Å². The number of ether oxygens (including phenoxy) is 3. The van der Waals surface area contributed by atoms with Crippen molar-refractivity contribution in [3.05, 3.63) is 47.6 Å². The number of carbonyl (C=O) groups excluding carboxylic acids is 2. The van der Waals surface area contributed by atoms with Crippen molar-refractivity contribution < 1.29 is 23.8 Å². The summed E-state index contributed by atoms with van der Waals surface area (Å²) in [7, 11) is 1.58. The van der Waals surface area contributed by atoms with Crippen LogP contribution in [0.2, 0.25) is 0 Å². The van der Waals surface area contributed by atoms with Crippen LogP contribution in [0.1, 0.15) is 19.4 Å². The molecule has 144 valence electrons. The second-order valence-corrected chi connectivity index (χ2v) is 7.24. The Morgan fingerprint density at radius 2 is 1.96 bits per heavy atom. The topological polar surface area (TPSA) is 85.6 Å². The fraction of sp³-hybridized carbons (Fsp3) is 0.350. The van der Waals surface area contributed by atoms with Crippen LogP contribution in [0.4, 0.5) is 0 Å². The third-order valence-corrected chi connectivity index (χ3v) is 4.72. The Morgan fingerprint density at radius 1 is 1.26 bits per heavy atom. The normalized spacial score (nSPS) is 11.7. The fourth-order valence-corrected chi connectivity index (χ4v) is 1.98.